The molecular formula is C21H27OSi. The number of hydrogen-bond donors (Lipinski definition) is 0. The molecule has 0 N–H and O–H groups in total. The molecule has 0 saturated carbocycles. The van der Waals surface area contributed by atoms with Crippen LogP contribution in [0, 0.1) is 0 Å². The molecule has 0 amide bonds. The van der Waals surface area contributed by atoms with E-state index in [-0.39, 0.29) is 11.3 Å². The number of hydrogen-bond acceptors (Lipinski definition) is 1. The van der Waals surface area contributed by atoms with Crippen LogP contribution >= 0.6 is 0 Å². The van der Waals surface area contributed by atoms with Crippen LogP contribution in [0.15, 0.2) is 61.2 Å². The van der Waals surface area contributed by atoms with Crippen LogP contribution in [0.25, 0.3) is 5.57 Å². The Morgan fingerprint density at radius 1 is 1.00 bits per heavy atom. The molecule has 0 aromatic heterocycles. The summed E-state index contributed by atoms with van der Waals surface area (Å²) in [6.07, 6.45) is 0. The van der Waals surface area contributed by atoms with Gasteiger partial charge in [-0.15, -0.1) is 0 Å². The zero-order chi connectivity index (χ0) is 17.0. The Hall–Kier alpha value is -1.64. The van der Waals surface area contributed by atoms with Crippen molar-refractivity contribution in [2.24, 2.45) is 0 Å². The lowest BCUT2D eigenvalue weighted by atomic mass is 10.1. The van der Waals surface area contributed by atoms with E-state index >= 15 is 0 Å². The van der Waals surface area contributed by atoms with Crippen molar-refractivity contribution in [1.82, 2.24) is 0 Å². The summed E-state index contributed by atoms with van der Waals surface area (Å²) in [4.78, 5) is 0. The van der Waals surface area contributed by atoms with Gasteiger partial charge < -0.3 is 4.74 Å². The minimum absolute atomic E-state index is 0.143. The molecule has 23 heavy (non-hydrogen) atoms. The summed E-state index contributed by atoms with van der Waals surface area (Å²) in [7, 11) is -1.03. The number of ether oxygens (including phenoxy) is 1. The molecule has 2 heteroatoms. The van der Waals surface area contributed by atoms with Crippen molar-refractivity contribution >= 4 is 24.7 Å². The van der Waals surface area contributed by atoms with Gasteiger partial charge in [-0.05, 0) is 40.2 Å². The molecule has 1 atom stereocenters. The topological polar surface area (TPSA) is 9.23 Å². The Kier molecular flexibility index (Phi) is 5.61. The van der Waals surface area contributed by atoms with Gasteiger partial charge in [0, 0.05) is 0 Å². The van der Waals surface area contributed by atoms with Crippen molar-refractivity contribution < 1.29 is 4.74 Å². The summed E-state index contributed by atoms with van der Waals surface area (Å²) in [5, 5.41) is 2.76. The third kappa shape index (κ3) is 4.92. The Balaban J connectivity index is 2.45. The molecule has 2 rings (SSSR count). The second-order valence-corrected chi connectivity index (χ2v) is 9.81. The molecule has 2 aromatic carbocycles. The van der Waals surface area contributed by atoms with E-state index in [1.165, 1.54) is 15.9 Å². The molecule has 0 saturated heterocycles. The van der Waals surface area contributed by atoms with Crippen LogP contribution in [0.4, 0.5) is 0 Å². The summed E-state index contributed by atoms with van der Waals surface area (Å²) in [6, 6.07) is 19.5. The first-order valence-corrected chi connectivity index (χ1v) is 9.72. The van der Waals surface area contributed by atoms with Crippen molar-refractivity contribution in [3.63, 3.8) is 0 Å². The highest BCUT2D eigenvalue weighted by Gasteiger charge is 2.28. The highest BCUT2D eigenvalue weighted by Crippen LogP contribution is 2.15. The molecule has 1 nitrogen and oxygen atoms in total. The zero-order valence-electron chi connectivity index (χ0n) is 14.9. The molecular weight excluding hydrogens is 296 g/mol. The fraction of sp³-hybridized carbons (Fsp3) is 0.333. The molecule has 1 radical (unpaired) electrons. The Morgan fingerprint density at radius 2 is 1.61 bits per heavy atom. The van der Waals surface area contributed by atoms with Gasteiger partial charge in [0.2, 0.25) is 0 Å². The van der Waals surface area contributed by atoms with Gasteiger partial charge in [0.1, 0.15) is 0 Å². The van der Waals surface area contributed by atoms with Crippen LogP contribution in [0.5, 0.6) is 0 Å². The third-order valence-corrected chi connectivity index (χ3v) is 6.51. The second-order valence-electron chi connectivity index (χ2n) is 7.01. The number of rotatable bonds is 5. The fourth-order valence-corrected chi connectivity index (χ4v) is 5.68. The Morgan fingerprint density at radius 3 is 2.17 bits per heavy atom. The van der Waals surface area contributed by atoms with E-state index < -0.39 is 8.80 Å². The first kappa shape index (κ1) is 17.7. The molecule has 0 bridgehead atoms. The van der Waals surface area contributed by atoms with E-state index in [2.05, 4.69) is 95.8 Å². The van der Waals surface area contributed by atoms with Crippen molar-refractivity contribution in [2.75, 3.05) is 0 Å². The van der Waals surface area contributed by atoms with Crippen LogP contribution in [-0.2, 0) is 4.74 Å². The van der Waals surface area contributed by atoms with Gasteiger partial charge in [-0.2, -0.15) is 0 Å². The number of benzene rings is 2. The van der Waals surface area contributed by atoms with Gasteiger partial charge in [0.15, 0.2) is 8.80 Å². The summed E-state index contributed by atoms with van der Waals surface area (Å²) < 4.78 is 6.33. The molecule has 2 aromatic rings. The smallest absolute Gasteiger partial charge is 0.154 e. The van der Waals surface area contributed by atoms with E-state index in [1.54, 1.807) is 0 Å². The minimum atomic E-state index is -1.03. The normalized spacial score (nSPS) is 13.1. The van der Waals surface area contributed by atoms with E-state index in [0.717, 1.165) is 5.57 Å². The highest BCUT2D eigenvalue weighted by atomic mass is 28.3. The van der Waals surface area contributed by atoms with Gasteiger partial charge in [0.25, 0.3) is 0 Å². The average molecular weight is 324 g/mol. The first-order valence-electron chi connectivity index (χ1n) is 8.14. The molecule has 0 fully saturated rings. The first-order chi connectivity index (χ1) is 10.8. The average Bonchev–Trinajstić information content (AvgIpc) is 2.47. The summed E-state index contributed by atoms with van der Waals surface area (Å²) in [5.74, 6) is 0. The largest absolute Gasteiger partial charge is 0.376 e. The van der Waals surface area contributed by atoms with Crippen LogP contribution in [0.1, 0.15) is 40.2 Å². The predicted octanol–water partition coefficient (Wildman–Crippen LogP) is 4.07. The third-order valence-electron chi connectivity index (χ3n) is 3.69. The summed E-state index contributed by atoms with van der Waals surface area (Å²) in [6.45, 7) is 14.7. The van der Waals surface area contributed by atoms with Gasteiger partial charge in [-0.25, -0.2) is 0 Å². The van der Waals surface area contributed by atoms with E-state index in [1.807, 2.05) is 0 Å². The van der Waals surface area contributed by atoms with Crippen molar-refractivity contribution in [3.05, 3.63) is 66.7 Å². The monoisotopic (exact) mass is 323 g/mol. The molecule has 0 spiro atoms. The van der Waals surface area contributed by atoms with Crippen LogP contribution in [0.3, 0.4) is 0 Å². The fourth-order valence-electron chi connectivity index (χ4n) is 2.80. The van der Waals surface area contributed by atoms with Crippen molar-refractivity contribution in [3.8, 4) is 0 Å². The van der Waals surface area contributed by atoms with Gasteiger partial charge >= 0.3 is 0 Å². The van der Waals surface area contributed by atoms with Crippen molar-refractivity contribution in [2.45, 2.75) is 45.9 Å². The molecule has 0 aliphatic rings. The Bertz CT molecular complexity index is 655. The lowest BCUT2D eigenvalue weighted by Gasteiger charge is -2.30. The zero-order valence-corrected chi connectivity index (χ0v) is 15.9. The van der Waals surface area contributed by atoms with E-state index in [9.17, 15) is 0 Å². The lowest BCUT2D eigenvalue weighted by Crippen LogP contribution is -2.53. The van der Waals surface area contributed by atoms with E-state index in [0.29, 0.717) is 0 Å². The molecule has 121 valence electrons. The molecule has 0 heterocycles. The van der Waals surface area contributed by atoms with E-state index in [4.69, 9.17) is 4.74 Å². The maximum atomic E-state index is 6.33. The van der Waals surface area contributed by atoms with Crippen molar-refractivity contribution in [1.29, 1.82) is 0 Å². The maximum absolute atomic E-state index is 6.33. The lowest BCUT2D eigenvalue weighted by molar-refractivity contribution is -0.0174. The van der Waals surface area contributed by atoms with Gasteiger partial charge in [-0.3, -0.25) is 0 Å². The minimum Gasteiger partial charge on any atom is -0.376 e. The van der Waals surface area contributed by atoms with Gasteiger partial charge in [0.05, 0.1) is 11.3 Å². The summed E-state index contributed by atoms with van der Waals surface area (Å²) in [5.41, 5.74) is 2.35. The van der Waals surface area contributed by atoms with Crippen LogP contribution < -0.4 is 10.4 Å². The molecule has 0 aliphatic carbocycles. The maximum Gasteiger partial charge on any atom is 0.154 e. The van der Waals surface area contributed by atoms with Gasteiger partial charge in [-0.1, -0.05) is 77.1 Å². The second kappa shape index (κ2) is 7.29. The quantitative estimate of drug-likeness (QED) is 0.754. The Labute approximate surface area is 142 Å². The van der Waals surface area contributed by atoms with Crippen LogP contribution in [-0.4, -0.2) is 20.1 Å². The summed E-state index contributed by atoms with van der Waals surface area (Å²) >= 11 is 0. The molecule has 0 aliphatic heterocycles. The highest BCUT2D eigenvalue weighted by molar-refractivity contribution is 6.86. The standard InChI is InChI=1S/C21H27OSi/c1-16(2)18-11-10-14-20(15-18)23(17(3)22-21(4,5)6)19-12-8-7-9-13-19/h7-15,17H,1H2,2-6H3. The SMILES string of the molecule is C=C(C)c1cccc([Si](c2ccccc2)C(C)OC(C)(C)C)c1. The van der Waals surface area contributed by atoms with Crippen LogP contribution in [0.2, 0.25) is 0 Å². The molecule has 1 unspecified atom stereocenters. The predicted molar refractivity (Wildman–Crippen MR) is 103 cm³/mol. The number of allylic oxidation sites excluding steroid dienone is 1.